The number of carbonyl (C=O) groups excluding carboxylic acids is 1. The average Bonchev–Trinajstić information content (AvgIpc) is 2.65. The molecule has 0 unspecified atom stereocenters. The highest BCUT2D eigenvalue weighted by Gasteiger charge is 2.35. The maximum atomic E-state index is 12.1. The SMILES string of the molecule is COc1ccc([C@H]2CC(=O)Oc3cc(OC)c(OC)c(OC)c32)cc1. The highest BCUT2D eigenvalue weighted by molar-refractivity contribution is 5.80. The van der Waals surface area contributed by atoms with Gasteiger partial charge in [0.25, 0.3) is 0 Å². The van der Waals surface area contributed by atoms with E-state index in [1.54, 1.807) is 27.4 Å². The Labute approximate surface area is 146 Å². The van der Waals surface area contributed by atoms with Crippen molar-refractivity contribution in [3.05, 3.63) is 41.5 Å². The molecule has 0 aliphatic carbocycles. The second-order valence-corrected chi connectivity index (χ2v) is 5.56. The highest BCUT2D eigenvalue weighted by atomic mass is 16.5. The molecule has 0 fully saturated rings. The largest absolute Gasteiger partial charge is 0.497 e. The fourth-order valence-electron chi connectivity index (χ4n) is 3.12. The molecule has 0 spiro atoms. The third-order valence-electron chi connectivity index (χ3n) is 4.29. The van der Waals surface area contributed by atoms with Crippen molar-refractivity contribution in [2.75, 3.05) is 28.4 Å². The molecular formula is C19H20O6. The molecule has 6 heteroatoms. The van der Waals surface area contributed by atoms with Crippen LogP contribution in [-0.4, -0.2) is 34.4 Å². The Morgan fingerprint density at radius 1 is 0.920 bits per heavy atom. The van der Waals surface area contributed by atoms with Crippen molar-refractivity contribution >= 4 is 5.97 Å². The molecule has 6 nitrogen and oxygen atoms in total. The van der Waals surface area contributed by atoms with Gasteiger partial charge in [-0.2, -0.15) is 0 Å². The standard InChI is InChI=1S/C19H20O6/c1-21-12-7-5-11(6-8-12)13-9-16(20)25-14-10-15(22-2)18(23-3)19(24-4)17(13)14/h5-8,10,13H,9H2,1-4H3/t13-/m1/s1. The summed E-state index contributed by atoms with van der Waals surface area (Å²) < 4.78 is 27.0. The molecule has 132 valence electrons. The minimum absolute atomic E-state index is 0.211. The molecule has 1 aliphatic heterocycles. The number of fused-ring (bicyclic) bond motifs is 1. The predicted molar refractivity (Wildman–Crippen MR) is 91.2 cm³/mol. The molecule has 1 heterocycles. The van der Waals surface area contributed by atoms with Crippen molar-refractivity contribution in [1.29, 1.82) is 0 Å². The van der Waals surface area contributed by atoms with Crippen molar-refractivity contribution in [3.8, 4) is 28.7 Å². The summed E-state index contributed by atoms with van der Waals surface area (Å²) >= 11 is 0. The minimum Gasteiger partial charge on any atom is -0.497 e. The zero-order valence-electron chi connectivity index (χ0n) is 14.6. The predicted octanol–water partition coefficient (Wildman–Crippen LogP) is 3.16. The molecule has 0 amide bonds. The molecular weight excluding hydrogens is 324 g/mol. The molecule has 2 aromatic rings. The van der Waals surface area contributed by atoms with Crippen LogP contribution in [0.25, 0.3) is 0 Å². The molecule has 0 aromatic heterocycles. The fraction of sp³-hybridized carbons (Fsp3) is 0.316. The van der Waals surface area contributed by atoms with E-state index < -0.39 is 0 Å². The van der Waals surface area contributed by atoms with Gasteiger partial charge in [-0.15, -0.1) is 0 Å². The summed E-state index contributed by atoms with van der Waals surface area (Å²) in [5, 5.41) is 0. The van der Waals surface area contributed by atoms with Crippen LogP contribution in [0.2, 0.25) is 0 Å². The van der Waals surface area contributed by atoms with Crippen LogP contribution < -0.4 is 23.7 Å². The highest BCUT2D eigenvalue weighted by Crippen LogP contribution is 2.52. The molecule has 2 aromatic carbocycles. The Morgan fingerprint density at radius 2 is 1.60 bits per heavy atom. The van der Waals surface area contributed by atoms with Crippen LogP contribution in [-0.2, 0) is 4.79 Å². The number of hydrogen-bond acceptors (Lipinski definition) is 6. The zero-order valence-corrected chi connectivity index (χ0v) is 14.6. The van der Waals surface area contributed by atoms with Gasteiger partial charge < -0.3 is 23.7 Å². The lowest BCUT2D eigenvalue weighted by Crippen LogP contribution is -2.22. The first kappa shape index (κ1) is 17.0. The van der Waals surface area contributed by atoms with E-state index in [0.29, 0.717) is 23.0 Å². The summed E-state index contributed by atoms with van der Waals surface area (Å²) in [4.78, 5) is 12.1. The van der Waals surface area contributed by atoms with E-state index >= 15 is 0 Å². The van der Waals surface area contributed by atoms with Gasteiger partial charge in [-0.25, -0.2) is 0 Å². The molecule has 0 N–H and O–H groups in total. The van der Waals surface area contributed by atoms with Gasteiger partial charge in [0, 0.05) is 17.5 Å². The molecule has 1 aliphatic rings. The van der Waals surface area contributed by atoms with Crippen molar-refractivity contribution in [2.24, 2.45) is 0 Å². The van der Waals surface area contributed by atoms with Gasteiger partial charge in [-0.05, 0) is 17.7 Å². The average molecular weight is 344 g/mol. The summed E-state index contributed by atoms with van der Waals surface area (Å²) in [7, 11) is 6.24. The Kier molecular flexibility index (Phi) is 4.70. The van der Waals surface area contributed by atoms with Gasteiger partial charge >= 0.3 is 5.97 Å². The maximum Gasteiger partial charge on any atom is 0.312 e. The number of ether oxygens (including phenoxy) is 5. The number of benzene rings is 2. The van der Waals surface area contributed by atoms with Gasteiger partial charge in [0.05, 0.1) is 34.9 Å². The Morgan fingerprint density at radius 3 is 2.16 bits per heavy atom. The molecule has 0 bridgehead atoms. The van der Waals surface area contributed by atoms with Gasteiger partial charge in [-0.1, -0.05) is 12.1 Å². The maximum absolute atomic E-state index is 12.1. The first-order chi connectivity index (χ1) is 12.1. The number of hydrogen-bond donors (Lipinski definition) is 0. The van der Waals surface area contributed by atoms with E-state index in [9.17, 15) is 4.79 Å². The Balaban J connectivity index is 2.19. The lowest BCUT2D eigenvalue weighted by atomic mass is 9.85. The van der Waals surface area contributed by atoms with Crippen LogP contribution in [0.1, 0.15) is 23.5 Å². The second kappa shape index (κ2) is 6.93. The van der Waals surface area contributed by atoms with Crippen molar-refractivity contribution in [2.45, 2.75) is 12.3 Å². The van der Waals surface area contributed by atoms with Crippen molar-refractivity contribution < 1.29 is 28.5 Å². The topological polar surface area (TPSA) is 63.2 Å². The number of esters is 1. The molecule has 1 atom stereocenters. The Bertz CT molecular complexity index is 781. The molecule has 25 heavy (non-hydrogen) atoms. The van der Waals surface area contributed by atoms with Crippen LogP contribution in [0, 0.1) is 0 Å². The van der Waals surface area contributed by atoms with Crippen LogP contribution in [0.15, 0.2) is 30.3 Å². The minimum atomic E-state index is -0.303. The van der Waals surface area contributed by atoms with E-state index in [2.05, 4.69) is 0 Å². The molecule has 3 rings (SSSR count). The van der Waals surface area contributed by atoms with Gasteiger partial charge in [0.2, 0.25) is 5.75 Å². The van der Waals surface area contributed by atoms with E-state index in [1.165, 1.54) is 7.11 Å². The monoisotopic (exact) mass is 344 g/mol. The zero-order chi connectivity index (χ0) is 18.0. The normalized spacial score (nSPS) is 15.8. The first-order valence-corrected chi connectivity index (χ1v) is 7.80. The third kappa shape index (κ3) is 2.95. The molecule has 0 radical (unpaired) electrons. The van der Waals surface area contributed by atoms with Gasteiger partial charge in [-0.3, -0.25) is 4.79 Å². The lowest BCUT2D eigenvalue weighted by Gasteiger charge is -2.28. The van der Waals surface area contributed by atoms with Crippen molar-refractivity contribution in [1.82, 2.24) is 0 Å². The smallest absolute Gasteiger partial charge is 0.312 e. The summed E-state index contributed by atoms with van der Waals surface area (Å²) in [6.07, 6.45) is 0.213. The number of rotatable bonds is 5. The van der Waals surface area contributed by atoms with Gasteiger partial charge in [0.15, 0.2) is 11.5 Å². The first-order valence-electron chi connectivity index (χ1n) is 7.80. The summed E-state index contributed by atoms with van der Waals surface area (Å²) in [6.45, 7) is 0. The van der Waals surface area contributed by atoms with Gasteiger partial charge in [0.1, 0.15) is 11.5 Å². The lowest BCUT2D eigenvalue weighted by molar-refractivity contribution is -0.135. The second-order valence-electron chi connectivity index (χ2n) is 5.56. The number of methoxy groups -OCH3 is 4. The van der Waals surface area contributed by atoms with E-state index in [0.717, 1.165) is 16.9 Å². The summed E-state index contributed by atoms with van der Waals surface area (Å²) in [5.74, 6) is 2.08. The van der Waals surface area contributed by atoms with Crippen LogP contribution in [0.3, 0.4) is 0 Å². The van der Waals surface area contributed by atoms with E-state index in [1.807, 2.05) is 24.3 Å². The van der Waals surface area contributed by atoms with Crippen molar-refractivity contribution in [3.63, 3.8) is 0 Å². The van der Waals surface area contributed by atoms with E-state index in [-0.39, 0.29) is 18.3 Å². The number of carbonyl (C=O) groups is 1. The quantitative estimate of drug-likeness (QED) is 0.613. The molecule has 0 saturated heterocycles. The third-order valence-corrected chi connectivity index (χ3v) is 4.29. The van der Waals surface area contributed by atoms with Crippen LogP contribution >= 0.6 is 0 Å². The van der Waals surface area contributed by atoms with E-state index in [4.69, 9.17) is 23.7 Å². The summed E-state index contributed by atoms with van der Waals surface area (Å²) in [6, 6.07) is 9.25. The Hall–Kier alpha value is -2.89. The van der Waals surface area contributed by atoms with Crippen LogP contribution in [0.5, 0.6) is 28.7 Å². The van der Waals surface area contributed by atoms with Crippen LogP contribution in [0.4, 0.5) is 0 Å². The molecule has 0 saturated carbocycles. The summed E-state index contributed by atoms with van der Waals surface area (Å²) in [5.41, 5.74) is 1.73. The fourth-order valence-corrected chi connectivity index (χ4v) is 3.12.